The van der Waals surface area contributed by atoms with Crippen molar-refractivity contribution in [1.82, 2.24) is 4.90 Å². The third-order valence-electron chi connectivity index (χ3n) is 1.49. The van der Waals surface area contributed by atoms with Gasteiger partial charge in [0.25, 0.3) is 0 Å². The molecule has 2 nitrogen and oxygen atoms in total. The fraction of sp³-hybridized carbons (Fsp3) is 0.778. The molecule has 11 heavy (non-hydrogen) atoms. The topological polar surface area (TPSA) is 29.3 Å². The molecule has 1 atom stereocenters. The molecule has 0 aromatic carbocycles. The number of likely N-dealkylation sites (N-methyl/N-ethyl adjacent to an activating group) is 1. The van der Waals surface area contributed by atoms with Crippen LogP contribution in [0, 0.1) is 0 Å². The van der Waals surface area contributed by atoms with Crippen LogP contribution in [0.1, 0.15) is 20.8 Å². The van der Waals surface area contributed by atoms with E-state index in [1.807, 2.05) is 13.8 Å². The monoisotopic (exact) mass is 156 g/mol. The van der Waals surface area contributed by atoms with Crippen molar-refractivity contribution in [2.24, 2.45) is 5.73 Å². The van der Waals surface area contributed by atoms with Gasteiger partial charge in [0.2, 0.25) is 0 Å². The van der Waals surface area contributed by atoms with Gasteiger partial charge in [-0.3, -0.25) is 4.90 Å². The van der Waals surface area contributed by atoms with Crippen molar-refractivity contribution < 1.29 is 0 Å². The van der Waals surface area contributed by atoms with Gasteiger partial charge < -0.3 is 5.73 Å². The van der Waals surface area contributed by atoms with Crippen LogP contribution < -0.4 is 5.73 Å². The van der Waals surface area contributed by atoms with Crippen LogP contribution in [0.2, 0.25) is 0 Å². The smallest absolute Gasteiger partial charge is 0.0187 e. The lowest BCUT2D eigenvalue weighted by atomic mass is 10.2. The molecule has 0 amide bonds. The van der Waals surface area contributed by atoms with E-state index >= 15 is 0 Å². The van der Waals surface area contributed by atoms with E-state index in [0.29, 0.717) is 0 Å². The van der Waals surface area contributed by atoms with Crippen LogP contribution >= 0.6 is 0 Å². The van der Waals surface area contributed by atoms with E-state index in [9.17, 15) is 0 Å². The SMILES string of the molecule is C=C(C)CN(CC)CC(C)N. The maximum atomic E-state index is 5.67. The van der Waals surface area contributed by atoms with Gasteiger partial charge in [0.05, 0.1) is 0 Å². The Morgan fingerprint density at radius 1 is 1.64 bits per heavy atom. The standard InChI is InChI=1S/C9H20N2/c1-5-11(6-8(2)3)7-9(4)10/h9H,2,5-7,10H2,1,3-4H3. The second-order valence-electron chi connectivity index (χ2n) is 3.26. The normalized spacial score (nSPS) is 13.5. The van der Waals surface area contributed by atoms with Gasteiger partial charge in [0.1, 0.15) is 0 Å². The second kappa shape index (κ2) is 5.33. The summed E-state index contributed by atoms with van der Waals surface area (Å²) in [6.07, 6.45) is 0. The molecule has 0 aliphatic rings. The lowest BCUT2D eigenvalue weighted by Gasteiger charge is -2.22. The largest absolute Gasteiger partial charge is 0.327 e. The molecule has 0 heterocycles. The van der Waals surface area contributed by atoms with Crippen molar-refractivity contribution in [2.75, 3.05) is 19.6 Å². The van der Waals surface area contributed by atoms with Crippen LogP contribution in [0.3, 0.4) is 0 Å². The lowest BCUT2D eigenvalue weighted by Crippen LogP contribution is -2.36. The summed E-state index contributed by atoms with van der Waals surface area (Å²) in [5, 5.41) is 0. The van der Waals surface area contributed by atoms with Gasteiger partial charge in [-0.25, -0.2) is 0 Å². The molecule has 0 aromatic rings. The molecule has 0 aliphatic heterocycles. The Hall–Kier alpha value is -0.340. The van der Waals surface area contributed by atoms with E-state index in [1.54, 1.807) is 0 Å². The summed E-state index contributed by atoms with van der Waals surface area (Å²) in [5.74, 6) is 0. The molecular weight excluding hydrogens is 136 g/mol. The first-order valence-electron chi connectivity index (χ1n) is 4.18. The predicted molar refractivity (Wildman–Crippen MR) is 50.6 cm³/mol. The van der Waals surface area contributed by atoms with E-state index < -0.39 is 0 Å². The Morgan fingerprint density at radius 3 is 2.45 bits per heavy atom. The van der Waals surface area contributed by atoms with Crippen LogP contribution in [0.15, 0.2) is 12.2 Å². The van der Waals surface area contributed by atoms with Gasteiger partial charge in [-0.05, 0) is 20.4 Å². The highest BCUT2D eigenvalue weighted by Crippen LogP contribution is 1.95. The summed E-state index contributed by atoms with van der Waals surface area (Å²) in [7, 11) is 0. The van der Waals surface area contributed by atoms with Gasteiger partial charge in [-0.15, -0.1) is 0 Å². The average Bonchev–Trinajstić information content (AvgIpc) is 1.84. The van der Waals surface area contributed by atoms with Crippen molar-refractivity contribution in [1.29, 1.82) is 0 Å². The summed E-state index contributed by atoms with van der Waals surface area (Å²) in [6.45, 7) is 13.1. The molecule has 0 rings (SSSR count). The minimum Gasteiger partial charge on any atom is -0.327 e. The molecule has 0 fully saturated rings. The Morgan fingerprint density at radius 2 is 2.18 bits per heavy atom. The highest BCUT2D eigenvalue weighted by atomic mass is 15.1. The van der Waals surface area contributed by atoms with Crippen molar-refractivity contribution in [3.05, 3.63) is 12.2 Å². The summed E-state index contributed by atoms with van der Waals surface area (Å²) in [4.78, 5) is 2.30. The third-order valence-corrected chi connectivity index (χ3v) is 1.49. The predicted octanol–water partition coefficient (Wildman–Crippen LogP) is 1.23. The van der Waals surface area contributed by atoms with Gasteiger partial charge in [-0.2, -0.15) is 0 Å². The lowest BCUT2D eigenvalue weighted by molar-refractivity contribution is 0.297. The van der Waals surface area contributed by atoms with Crippen LogP contribution in [-0.4, -0.2) is 30.6 Å². The summed E-state index contributed by atoms with van der Waals surface area (Å²) < 4.78 is 0. The minimum absolute atomic E-state index is 0.259. The first-order chi connectivity index (χ1) is 5.06. The first kappa shape index (κ1) is 10.7. The summed E-state index contributed by atoms with van der Waals surface area (Å²) in [5.41, 5.74) is 6.87. The molecule has 0 saturated carbocycles. The number of nitrogens with zero attached hydrogens (tertiary/aromatic N) is 1. The van der Waals surface area contributed by atoms with E-state index in [2.05, 4.69) is 18.4 Å². The second-order valence-corrected chi connectivity index (χ2v) is 3.26. The van der Waals surface area contributed by atoms with E-state index in [1.165, 1.54) is 5.57 Å². The van der Waals surface area contributed by atoms with Crippen molar-refractivity contribution in [3.8, 4) is 0 Å². The highest BCUT2D eigenvalue weighted by Gasteiger charge is 2.03. The van der Waals surface area contributed by atoms with Crippen LogP contribution in [0.25, 0.3) is 0 Å². The van der Waals surface area contributed by atoms with Crippen LogP contribution in [0.5, 0.6) is 0 Å². The Labute approximate surface area is 70.1 Å². The summed E-state index contributed by atoms with van der Waals surface area (Å²) >= 11 is 0. The maximum Gasteiger partial charge on any atom is 0.0187 e. The molecule has 0 radical (unpaired) electrons. The van der Waals surface area contributed by atoms with Gasteiger partial charge in [0.15, 0.2) is 0 Å². The molecule has 66 valence electrons. The Kier molecular flexibility index (Phi) is 5.16. The van der Waals surface area contributed by atoms with E-state index in [4.69, 9.17) is 5.73 Å². The number of rotatable bonds is 5. The third kappa shape index (κ3) is 6.07. The van der Waals surface area contributed by atoms with Gasteiger partial charge in [0, 0.05) is 19.1 Å². The molecule has 0 saturated heterocycles. The van der Waals surface area contributed by atoms with E-state index in [-0.39, 0.29) is 6.04 Å². The zero-order chi connectivity index (χ0) is 8.85. The van der Waals surface area contributed by atoms with Crippen molar-refractivity contribution in [3.63, 3.8) is 0 Å². The Bertz CT molecular complexity index is 119. The fourth-order valence-corrected chi connectivity index (χ4v) is 1.09. The van der Waals surface area contributed by atoms with Crippen molar-refractivity contribution >= 4 is 0 Å². The van der Waals surface area contributed by atoms with E-state index in [0.717, 1.165) is 19.6 Å². The zero-order valence-corrected chi connectivity index (χ0v) is 7.93. The number of hydrogen-bond donors (Lipinski definition) is 1. The minimum atomic E-state index is 0.259. The van der Waals surface area contributed by atoms with Gasteiger partial charge in [-0.1, -0.05) is 19.1 Å². The molecule has 0 aromatic heterocycles. The molecule has 0 spiro atoms. The Balaban J connectivity index is 3.66. The molecule has 1 unspecified atom stereocenters. The van der Waals surface area contributed by atoms with Crippen LogP contribution in [-0.2, 0) is 0 Å². The number of hydrogen-bond acceptors (Lipinski definition) is 2. The molecule has 2 N–H and O–H groups in total. The van der Waals surface area contributed by atoms with Crippen molar-refractivity contribution in [2.45, 2.75) is 26.8 Å². The number of nitrogens with two attached hydrogens (primary N) is 1. The van der Waals surface area contributed by atoms with Gasteiger partial charge >= 0.3 is 0 Å². The zero-order valence-electron chi connectivity index (χ0n) is 7.93. The van der Waals surface area contributed by atoms with Crippen LogP contribution in [0.4, 0.5) is 0 Å². The summed E-state index contributed by atoms with van der Waals surface area (Å²) in [6, 6.07) is 0.259. The highest BCUT2D eigenvalue weighted by molar-refractivity contribution is 4.91. The molecular formula is C9H20N2. The average molecular weight is 156 g/mol. The molecule has 0 aliphatic carbocycles. The fourth-order valence-electron chi connectivity index (χ4n) is 1.09. The molecule has 2 heteroatoms. The first-order valence-corrected chi connectivity index (χ1v) is 4.18. The quantitative estimate of drug-likeness (QED) is 0.607. The molecule has 0 bridgehead atoms. The maximum absolute atomic E-state index is 5.67.